The second-order valence-electron chi connectivity index (χ2n) is 7.47. The molecule has 3 aromatic rings. The van der Waals surface area contributed by atoms with Crippen LogP contribution >= 0.6 is 11.6 Å². The van der Waals surface area contributed by atoms with E-state index in [2.05, 4.69) is 0 Å². The molecule has 5 rings (SSSR count). The lowest BCUT2D eigenvalue weighted by atomic mass is 9.90. The van der Waals surface area contributed by atoms with E-state index in [-0.39, 0.29) is 5.69 Å². The van der Waals surface area contributed by atoms with Crippen molar-refractivity contribution in [3.8, 4) is 0 Å². The number of amides is 2. The van der Waals surface area contributed by atoms with Gasteiger partial charge in [-0.25, -0.2) is 9.96 Å². The second-order valence-corrected chi connectivity index (χ2v) is 7.88. The van der Waals surface area contributed by atoms with Gasteiger partial charge < -0.3 is 0 Å². The zero-order valence-corrected chi connectivity index (χ0v) is 17.3. The Balaban J connectivity index is 1.62. The molecule has 3 aromatic carbocycles. The predicted octanol–water partition coefficient (Wildman–Crippen LogP) is 4.30. The standard InChI is InChI=1S/C23H16ClN3O5/c24-18-12-5-4-11-17(18)20-19-21(23(29)25(22(19)28)14-7-2-1-3-8-14)32-26(20)15-9-6-10-16(13-15)27(30)31/h1-13,19-21H/t19-,20+,21+/m0/s1. The molecule has 2 aliphatic heterocycles. The molecule has 0 spiro atoms. The van der Waals surface area contributed by atoms with Gasteiger partial charge in [0.2, 0.25) is 5.91 Å². The maximum Gasteiger partial charge on any atom is 0.271 e. The molecule has 0 saturated carbocycles. The lowest BCUT2D eigenvalue weighted by molar-refractivity contribution is -0.384. The summed E-state index contributed by atoms with van der Waals surface area (Å²) in [6, 6.07) is 20.7. The van der Waals surface area contributed by atoms with Gasteiger partial charge in [0.1, 0.15) is 5.92 Å². The van der Waals surface area contributed by atoms with Gasteiger partial charge in [-0.05, 0) is 29.8 Å². The van der Waals surface area contributed by atoms with Crippen LogP contribution in [-0.2, 0) is 14.4 Å². The van der Waals surface area contributed by atoms with Crippen molar-refractivity contribution in [2.75, 3.05) is 9.96 Å². The van der Waals surface area contributed by atoms with Crippen LogP contribution in [0.15, 0.2) is 78.9 Å². The summed E-state index contributed by atoms with van der Waals surface area (Å²) in [5.41, 5.74) is 1.26. The number of nitrogens with zero attached hydrogens (tertiary/aromatic N) is 3. The van der Waals surface area contributed by atoms with Crippen LogP contribution < -0.4 is 9.96 Å². The fraction of sp³-hybridized carbons (Fsp3) is 0.130. The van der Waals surface area contributed by atoms with E-state index >= 15 is 0 Å². The van der Waals surface area contributed by atoms with E-state index in [4.69, 9.17) is 16.4 Å². The van der Waals surface area contributed by atoms with Crippen LogP contribution in [0.1, 0.15) is 11.6 Å². The minimum atomic E-state index is -1.08. The van der Waals surface area contributed by atoms with E-state index in [1.54, 1.807) is 60.7 Å². The first-order valence-electron chi connectivity index (χ1n) is 9.85. The van der Waals surface area contributed by atoms with E-state index in [1.807, 2.05) is 0 Å². The SMILES string of the molecule is O=C1[C@H]2[C@@H](c3ccccc3Cl)N(c3cccc([N+](=O)[O-])c3)O[C@H]2C(=O)N1c1ccccc1. The summed E-state index contributed by atoms with van der Waals surface area (Å²) in [6.07, 6.45) is -1.08. The number of benzene rings is 3. The molecular weight excluding hydrogens is 434 g/mol. The van der Waals surface area contributed by atoms with Gasteiger partial charge in [0.05, 0.1) is 22.3 Å². The first kappa shape index (κ1) is 20.2. The normalized spacial score (nSPS) is 22.3. The Bertz CT molecular complexity index is 1240. The van der Waals surface area contributed by atoms with Crippen molar-refractivity contribution < 1.29 is 19.3 Å². The number of carbonyl (C=O) groups excluding carboxylic acids is 2. The number of imide groups is 1. The van der Waals surface area contributed by atoms with Crippen LogP contribution in [0.3, 0.4) is 0 Å². The fourth-order valence-electron chi connectivity index (χ4n) is 4.24. The minimum Gasteiger partial charge on any atom is -0.273 e. The molecule has 2 saturated heterocycles. The quantitative estimate of drug-likeness (QED) is 0.335. The molecule has 160 valence electrons. The number of halogens is 1. The number of nitro groups is 1. The molecule has 0 N–H and O–H groups in total. The number of nitro benzene ring substituents is 1. The smallest absolute Gasteiger partial charge is 0.271 e. The molecule has 0 aromatic heterocycles. The van der Waals surface area contributed by atoms with Crippen molar-refractivity contribution in [1.29, 1.82) is 0 Å². The summed E-state index contributed by atoms with van der Waals surface area (Å²) >= 11 is 6.47. The van der Waals surface area contributed by atoms with Crippen LogP contribution in [-0.4, -0.2) is 22.8 Å². The molecule has 9 heteroatoms. The molecule has 2 aliphatic rings. The minimum absolute atomic E-state index is 0.135. The van der Waals surface area contributed by atoms with E-state index in [0.717, 1.165) is 4.90 Å². The molecular formula is C23H16ClN3O5. The number of hydrogen-bond donors (Lipinski definition) is 0. The summed E-state index contributed by atoms with van der Waals surface area (Å²) in [5, 5.41) is 13.1. The van der Waals surface area contributed by atoms with Gasteiger partial charge in [0, 0.05) is 17.2 Å². The van der Waals surface area contributed by atoms with Crippen molar-refractivity contribution >= 4 is 40.5 Å². The molecule has 3 atom stereocenters. The Morgan fingerprint density at radius 1 is 0.875 bits per heavy atom. The number of hydrogen-bond acceptors (Lipinski definition) is 6. The molecule has 0 bridgehead atoms. The van der Waals surface area contributed by atoms with Crippen LogP contribution in [0.5, 0.6) is 0 Å². The van der Waals surface area contributed by atoms with Gasteiger partial charge in [0.25, 0.3) is 11.6 Å². The van der Waals surface area contributed by atoms with Crippen LogP contribution in [0.4, 0.5) is 17.1 Å². The molecule has 0 aliphatic carbocycles. The lowest BCUT2D eigenvalue weighted by Gasteiger charge is -2.29. The summed E-state index contributed by atoms with van der Waals surface area (Å²) in [4.78, 5) is 44.6. The Labute approximate surface area is 187 Å². The Hall–Kier alpha value is -3.75. The number of para-hydroxylation sites is 1. The summed E-state index contributed by atoms with van der Waals surface area (Å²) in [7, 11) is 0. The van der Waals surface area contributed by atoms with Crippen LogP contribution in [0.2, 0.25) is 5.02 Å². The van der Waals surface area contributed by atoms with Crippen molar-refractivity contribution in [3.05, 3.63) is 99.6 Å². The van der Waals surface area contributed by atoms with Gasteiger partial charge >= 0.3 is 0 Å². The van der Waals surface area contributed by atoms with Crippen LogP contribution in [0, 0.1) is 16.0 Å². The summed E-state index contributed by atoms with van der Waals surface area (Å²) in [6.45, 7) is 0. The third-order valence-corrected chi connectivity index (χ3v) is 5.99. The summed E-state index contributed by atoms with van der Waals surface area (Å²) < 4.78 is 0. The summed E-state index contributed by atoms with van der Waals surface area (Å²) in [5.74, 6) is -1.78. The zero-order chi connectivity index (χ0) is 22.4. The number of fused-ring (bicyclic) bond motifs is 1. The predicted molar refractivity (Wildman–Crippen MR) is 117 cm³/mol. The van der Waals surface area contributed by atoms with Crippen LogP contribution in [0.25, 0.3) is 0 Å². The zero-order valence-electron chi connectivity index (χ0n) is 16.5. The highest BCUT2D eigenvalue weighted by molar-refractivity contribution is 6.31. The highest BCUT2D eigenvalue weighted by Crippen LogP contribution is 2.49. The first-order valence-corrected chi connectivity index (χ1v) is 10.2. The molecule has 32 heavy (non-hydrogen) atoms. The molecule has 8 nitrogen and oxygen atoms in total. The Kier molecular flexibility index (Phi) is 4.88. The maximum atomic E-state index is 13.5. The lowest BCUT2D eigenvalue weighted by Crippen LogP contribution is -2.37. The van der Waals surface area contributed by atoms with Gasteiger partial charge in [-0.15, -0.1) is 0 Å². The Morgan fingerprint density at radius 2 is 1.56 bits per heavy atom. The number of carbonyl (C=O) groups is 2. The number of hydroxylamine groups is 1. The molecule has 2 amide bonds. The Morgan fingerprint density at radius 3 is 2.28 bits per heavy atom. The van der Waals surface area contributed by atoms with Crippen molar-refractivity contribution in [2.24, 2.45) is 5.92 Å². The molecule has 2 fully saturated rings. The van der Waals surface area contributed by atoms with Gasteiger partial charge in [0.15, 0.2) is 6.10 Å². The maximum absolute atomic E-state index is 13.5. The van der Waals surface area contributed by atoms with E-state index in [0.29, 0.717) is 22.0 Å². The topological polar surface area (TPSA) is 93.0 Å². The van der Waals surface area contributed by atoms with Gasteiger partial charge in [-0.1, -0.05) is 54.1 Å². The number of non-ortho nitro benzene ring substituents is 1. The average Bonchev–Trinajstić information content (AvgIpc) is 3.31. The van der Waals surface area contributed by atoms with Crippen molar-refractivity contribution in [1.82, 2.24) is 0 Å². The van der Waals surface area contributed by atoms with E-state index in [1.165, 1.54) is 23.3 Å². The average molecular weight is 450 g/mol. The van der Waals surface area contributed by atoms with E-state index < -0.39 is 34.8 Å². The number of rotatable bonds is 4. The number of anilines is 2. The van der Waals surface area contributed by atoms with Gasteiger partial charge in [-0.3, -0.25) is 24.5 Å². The largest absolute Gasteiger partial charge is 0.273 e. The van der Waals surface area contributed by atoms with Crippen molar-refractivity contribution in [3.63, 3.8) is 0 Å². The third-order valence-electron chi connectivity index (χ3n) is 5.65. The van der Waals surface area contributed by atoms with E-state index in [9.17, 15) is 19.7 Å². The second kappa shape index (κ2) is 7.74. The molecule has 0 radical (unpaired) electrons. The van der Waals surface area contributed by atoms with Gasteiger partial charge in [-0.2, -0.15) is 0 Å². The molecule has 0 unspecified atom stereocenters. The first-order chi connectivity index (χ1) is 15.5. The van der Waals surface area contributed by atoms with Crippen molar-refractivity contribution in [2.45, 2.75) is 12.1 Å². The molecule has 2 heterocycles. The third kappa shape index (κ3) is 3.12. The highest BCUT2D eigenvalue weighted by atomic mass is 35.5. The fourth-order valence-corrected chi connectivity index (χ4v) is 4.49. The monoisotopic (exact) mass is 449 g/mol. The highest BCUT2D eigenvalue weighted by Gasteiger charge is 2.60.